The fourth-order valence-corrected chi connectivity index (χ4v) is 3.87. The summed E-state index contributed by atoms with van der Waals surface area (Å²) in [5.74, 6) is -0.381. The third kappa shape index (κ3) is 6.63. The van der Waals surface area contributed by atoms with Gasteiger partial charge in [-0.15, -0.1) is 0 Å². The van der Waals surface area contributed by atoms with Crippen LogP contribution in [-0.2, 0) is 22.6 Å². The topological polar surface area (TPSA) is 49.4 Å². The molecule has 30 heavy (non-hydrogen) atoms. The van der Waals surface area contributed by atoms with Gasteiger partial charge in [0, 0.05) is 33.2 Å². The van der Waals surface area contributed by atoms with E-state index in [1.165, 1.54) is 0 Å². The lowest BCUT2D eigenvalue weighted by atomic mass is 10.1. The quantitative estimate of drug-likeness (QED) is 0.496. The third-order valence-electron chi connectivity index (χ3n) is 5.02. The zero-order chi connectivity index (χ0) is 22.3. The van der Waals surface area contributed by atoms with Crippen molar-refractivity contribution in [2.75, 3.05) is 0 Å². The molecule has 2 rings (SSSR count). The molecule has 0 saturated carbocycles. The molecule has 2 aromatic carbocycles. The fourth-order valence-electron chi connectivity index (χ4n) is 3.14. The van der Waals surface area contributed by atoms with Crippen molar-refractivity contribution in [2.45, 2.75) is 58.7 Å². The van der Waals surface area contributed by atoms with Gasteiger partial charge in [-0.25, -0.2) is 0 Å². The predicted molar refractivity (Wildman–Crippen MR) is 124 cm³/mol. The molecule has 2 amide bonds. The van der Waals surface area contributed by atoms with Crippen LogP contribution >= 0.6 is 34.8 Å². The Morgan fingerprint density at radius 1 is 1.00 bits per heavy atom. The van der Waals surface area contributed by atoms with Gasteiger partial charge in [0.05, 0.1) is 6.42 Å². The molecule has 0 aliphatic rings. The first kappa shape index (κ1) is 24.5. The maximum absolute atomic E-state index is 13.3. The van der Waals surface area contributed by atoms with Crippen LogP contribution < -0.4 is 5.32 Å². The summed E-state index contributed by atoms with van der Waals surface area (Å²) in [5.41, 5.74) is 1.40. The standard InChI is InChI=1S/C23H27Cl3N2O2/c1-4-15(3)27-23(30)21(5-2)28(14-18-19(25)10-7-11-20(18)26)22(29)13-16-8-6-9-17(24)12-16/h6-12,15,21H,4-5,13-14H2,1-3H3,(H,27,30)/t15-,21-/m1/s1. The van der Waals surface area contributed by atoms with Crippen molar-refractivity contribution in [1.29, 1.82) is 0 Å². The van der Waals surface area contributed by atoms with Gasteiger partial charge < -0.3 is 10.2 Å². The van der Waals surface area contributed by atoms with Gasteiger partial charge in [-0.05, 0) is 49.6 Å². The van der Waals surface area contributed by atoms with Crippen LogP contribution in [0.2, 0.25) is 15.1 Å². The Balaban J connectivity index is 2.37. The number of rotatable bonds is 9. The Kier molecular flexibility index (Phi) is 9.47. The normalized spacial score (nSPS) is 12.9. The zero-order valence-electron chi connectivity index (χ0n) is 17.4. The highest BCUT2D eigenvalue weighted by molar-refractivity contribution is 6.36. The molecule has 0 saturated heterocycles. The van der Waals surface area contributed by atoms with Gasteiger partial charge in [-0.2, -0.15) is 0 Å². The summed E-state index contributed by atoms with van der Waals surface area (Å²) < 4.78 is 0. The first-order valence-corrected chi connectivity index (χ1v) is 11.2. The van der Waals surface area contributed by atoms with Crippen molar-refractivity contribution in [3.63, 3.8) is 0 Å². The highest BCUT2D eigenvalue weighted by atomic mass is 35.5. The first-order valence-electron chi connectivity index (χ1n) is 10.0. The van der Waals surface area contributed by atoms with E-state index < -0.39 is 6.04 Å². The van der Waals surface area contributed by atoms with Crippen LogP contribution in [-0.4, -0.2) is 28.8 Å². The summed E-state index contributed by atoms with van der Waals surface area (Å²) in [6.07, 6.45) is 1.39. The smallest absolute Gasteiger partial charge is 0.243 e. The lowest BCUT2D eigenvalue weighted by Crippen LogP contribution is -2.51. The highest BCUT2D eigenvalue weighted by Crippen LogP contribution is 2.27. The Bertz CT molecular complexity index is 868. The number of carbonyl (C=O) groups excluding carboxylic acids is 2. The zero-order valence-corrected chi connectivity index (χ0v) is 19.7. The molecule has 0 spiro atoms. The summed E-state index contributed by atoms with van der Waals surface area (Å²) in [6, 6.07) is 11.7. The number of benzene rings is 2. The number of amides is 2. The second-order valence-corrected chi connectivity index (χ2v) is 8.52. The molecule has 1 N–H and O–H groups in total. The van der Waals surface area contributed by atoms with Crippen molar-refractivity contribution in [3.05, 3.63) is 68.7 Å². The number of halogens is 3. The fraction of sp³-hybridized carbons (Fsp3) is 0.391. The molecule has 2 atom stereocenters. The largest absolute Gasteiger partial charge is 0.352 e. The minimum atomic E-state index is -0.641. The van der Waals surface area contributed by atoms with Gasteiger partial charge >= 0.3 is 0 Å². The molecule has 2 aromatic rings. The molecule has 0 bridgehead atoms. The van der Waals surface area contributed by atoms with Gasteiger partial charge in [0.25, 0.3) is 0 Å². The van der Waals surface area contributed by atoms with E-state index in [1.807, 2.05) is 26.8 Å². The second-order valence-electron chi connectivity index (χ2n) is 7.27. The molecular weight excluding hydrogens is 443 g/mol. The molecule has 0 fully saturated rings. The number of nitrogens with zero attached hydrogens (tertiary/aromatic N) is 1. The first-order chi connectivity index (χ1) is 14.3. The Labute approximate surface area is 193 Å². The molecule has 0 aliphatic carbocycles. The SMILES string of the molecule is CC[C@@H](C)NC(=O)[C@@H](CC)N(Cc1c(Cl)cccc1Cl)C(=O)Cc1cccc(Cl)c1. The average Bonchev–Trinajstić information content (AvgIpc) is 2.69. The molecule has 0 aliphatic heterocycles. The Morgan fingerprint density at radius 2 is 1.63 bits per heavy atom. The van der Waals surface area contributed by atoms with E-state index in [2.05, 4.69) is 5.32 Å². The van der Waals surface area contributed by atoms with E-state index in [9.17, 15) is 9.59 Å². The summed E-state index contributed by atoms with van der Waals surface area (Å²) >= 11 is 18.8. The maximum Gasteiger partial charge on any atom is 0.243 e. The molecule has 0 unspecified atom stereocenters. The van der Waals surface area contributed by atoms with Crippen LogP contribution in [0.3, 0.4) is 0 Å². The van der Waals surface area contributed by atoms with Crippen LogP contribution in [0.5, 0.6) is 0 Å². The van der Waals surface area contributed by atoms with Crippen LogP contribution in [0.1, 0.15) is 44.7 Å². The maximum atomic E-state index is 13.3. The minimum absolute atomic E-state index is 0.0142. The molecule has 4 nitrogen and oxygen atoms in total. The second kappa shape index (κ2) is 11.6. The van der Waals surface area contributed by atoms with E-state index in [4.69, 9.17) is 34.8 Å². The van der Waals surface area contributed by atoms with Crippen LogP contribution in [0.4, 0.5) is 0 Å². The van der Waals surface area contributed by atoms with E-state index in [-0.39, 0.29) is 30.8 Å². The van der Waals surface area contributed by atoms with Gasteiger partial charge in [-0.1, -0.05) is 66.8 Å². The van der Waals surface area contributed by atoms with Crippen molar-refractivity contribution in [1.82, 2.24) is 10.2 Å². The van der Waals surface area contributed by atoms with Crippen molar-refractivity contribution >= 4 is 46.6 Å². The Hall–Kier alpha value is -1.75. The molecule has 0 aromatic heterocycles. The molecule has 0 heterocycles. The average molecular weight is 470 g/mol. The monoisotopic (exact) mass is 468 g/mol. The molecular formula is C23H27Cl3N2O2. The van der Waals surface area contributed by atoms with Gasteiger partial charge in [0.15, 0.2) is 0 Å². The summed E-state index contributed by atoms with van der Waals surface area (Å²) in [7, 11) is 0. The van der Waals surface area contributed by atoms with Gasteiger partial charge in [0.2, 0.25) is 11.8 Å². The van der Waals surface area contributed by atoms with Crippen LogP contribution in [0.25, 0.3) is 0 Å². The number of carbonyl (C=O) groups is 2. The molecule has 0 radical (unpaired) electrons. The predicted octanol–water partition coefficient (Wildman–Crippen LogP) is 5.91. The minimum Gasteiger partial charge on any atom is -0.352 e. The Morgan fingerprint density at radius 3 is 2.20 bits per heavy atom. The van der Waals surface area contributed by atoms with Gasteiger partial charge in [0.1, 0.15) is 6.04 Å². The highest BCUT2D eigenvalue weighted by Gasteiger charge is 2.30. The van der Waals surface area contributed by atoms with E-state index in [1.54, 1.807) is 41.3 Å². The number of hydrogen-bond donors (Lipinski definition) is 1. The van der Waals surface area contributed by atoms with E-state index >= 15 is 0 Å². The summed E-state index contributed by atoms with van der Waals surface area (Å²) in [4.78, 5) is 27.9. The lowest BCUT2D eigenvalue weighted by Gasteiger charge is -2.32. The summed E-state index contributed by atoms with van der Waals surface area (Å²) in [5, 5.41) is 4.46. The third-order valence-corrected chi connectivity index (χ3v) is 5.96. The number of nitrogens with one attached hydrogen (secondary N) is 1. The molecule has 162 valence electrons. The van der Waals surface area contributed by atoms with Gasteiger partial charge in [-0.3, -0.25) is 9.59 Å². The van der Waals surface area contributed by atoms with Crippen LogP contribution in [0.15, 0.2) is 42.5 Å². The van der Waals surface area contributed by atoms with E-state index in [0.29, 0.717) is 27.1 Å². The van der Waals surface area contributed by atoms with Crippen molar-refractivity contribution in [3.8, 4) is 0 Å². The molecule has 7 heteroatoms. The lowest BCUT2D eigenvalue weighted by molar-refractivity contribution is -0.141. The van der Waals surface area contributed by atoms with Crippen molar-refractivity contribution < 1.29 is 9.59 Å². The number of hydrogen-bond acceptors (Lipinski definition) is 2. The van der Waals surface area contributed by atoms with Crippen LogP contribution in [0, 0.1) is 0 Å². The van der Waals surface area contributed by atoms with Crippen molar-refractivity contribution in [2.24, 2.45) is 0 Å². The summed E-state index contributed by atoms with van der Waals surface area (Å²) in [6.45, 7) is 5.96. The van der Waals surface area contributed by atoms with E-state index in [0.717, 1.165) is 12.0 Å².